The van der Waals surface area contributed by atoms with E-state index in [2.05, 4.69) is 34.5 Å². The Bertz CT molecular complexity index is 1010. The second kappa shape index (κ2) is 6.39. The predicted molar refractivity (Wildman–Crippen MR) is 101 cm³/mol. The van der Waals surface area contributed by atoms with Crippen LogP contribution in [0, 0.1) is 0 Å². The van der Waals surface area contributed by atoms with Crippen molar-refractivity contribution in [2.45, 2.75) is 19.3 Å². The zero-order valence-corrected chi connectivity index (χ0v) is 15.7. The van der Waals surface area contributed by atoms with Gasteiger partial charge in [-0.25, -0.2) is 0 Å². The quantitative estimate of drug-likeness (QED) is 0.555. The van der Waals surface area contributed by atoms with E-state index < -0.39 is 5.41 Å². The third-order valence-electron chi connectivity index (χ3n) is 4.51. The van der Waals surface area contributed by atoms with Crippen LogP contribution in [0.5, 0.6) is 0 Å². The maximum Gasteiger partial charge on any atom is 0.131 e. The molecule has 136 valence electrons. The van der Waals surface area contributed by atoms with Crippen molar-refractivity contribution in [2.24, 2.45) is 14.1 Å². The lowest BCUT2D eigenvalue weighted by molar-refractivity contribution is 0.596. The minimum atomic E-state index is -0.392. The van der Waals surface area contributed by atoms with E-state index in [0.717, 1.165) is 34.2 Å². The maximum absolute atomic E-state index is 4.82. The molecule has 0 fully saturated rings. The van der Waals surface area contributed by atoms with Crippen molar-refractivity contribution in [1.29, 1.82) is 0 Å². The van der Waals surface area contributed by atoms with Crippen LogP contribution in [-0.2, 0) is 19.5 Å². The van der Waals surface area contributed by atoms with Gasteiger partial charge in [-0.15, -0.1) is 10.2 Å². The highest BCUT2D eigenvalue weighted by molar-refractivity contribution is 5.55. The second-order valence-corrected chi connectivity index (χ2v) is 7.00. The summed E-state index contributed by atoms with van der Waals surface area (Å²) in [6.07, 6.45) is 3.71. The highest BCUT2D eigenvalue weighted by Crippen LogP contribution is 2.31. The van der Waals surface area contributed by atoms with Gasteiger partial charge in [0, 0.05) is 19.5 Å². The Balaban J connectivity index is 1.73. The summed E-state index contributed by atoms with van der Waals surface area (Å²) >= 11 is 0. The van der Waals surface area contributed by atoms with E-state index in [1.165, 1.54) is 0 Å². The molecule has 0 aliphatic carbocycles. The molecule has 0 saturated heterocycles. The number of nitrogens with zero attached hydrogens (tertiary/aromatic N) is 8. The minimum Gasteiger partial charge on any atom is -0.255 e. The molecule has 4 rings (SSSR count). The van der Waals surface area contributed by atoms with Gasteiger partial charge in [-0.2, -0.15) is 0 Å². The number of aromatic nitrogens is 8. The van der Waals surface area contributed by atoms with Crippen LogP contribution in [0.4, 0.5) is 0 Å². The molecule has 0 unspecified atom stereocenters. The molecule has 0 spiro atoms. The molecule has 0 atom stereocenters. The van der Waals surface area contributed by atoms with Gasteiger partial charge in [0.2, 0.25) is 0 Å². The van der Waals surface area contributed by atoms with Crippen molar-refractivity contribution < 1.29 is 0 Å². The molecule has 4 aromatic rings. The Hall–Kier alpha value is -3.42. The zero-order valence-electron chi connectivity index (χ0n) is 15.7. The number of pyridine rings is 2. The first kappa shape index (κ1) is 17.0. The summed E-state index contributed by atoms with van der Waals surface area (Å²) in [5.74, 6) is 0. The first-order valence-corrected chi connectivity index (χ1v) is 8.62. The van der Waals surface area contributed by atoms with Crippen LogP contribution in [0.1, 0.15) is 25.2 Å². The van der Waals surface area contributed by atoms with Crippen molar-refractivity contribution in [3.63, 3.8) is 0 Å². The van der Waals surface area contributed by atoms with E-state index in [-0.39, 0.29) is 0 Å². The molecule has 27 heavy (non-hydrogen) atoms. The van der Waals surface area contributed by atoms with E-state index >= 15 is 0 Å². The summed E-state index contributed by atoms with van der Waals surface area (Å²) < 4.78 is 3.33. The summed E-state index contributed by atoms with van der Waals surface area (Å²) in [6, 6.07) is 11.9. The van der Waals surface area contributed by atoms with E-state index in [4.69, 9.17) is 9.97 Å². The number of hydrogen-bond donors (Lipinski definition) is 0. The summed E-state index contributed by atoms with van der Waals surface area (Å²) in [5, 5.41) is 16.3. The summed E-state index contributed by atoms with van der Waals surface area (Å²) in [7, 11) is 3.68. The Morgan fingerprint density at radius 2 is 1.11 bits per heavy atom. The number of hydrogen-bond acceptors (Lipinski definition) is 6. The van der Waals surface area contributed by atoms with Crippen molar-refractivity contribution in [3.05, 3.63) is 60.2 Å². The predicted octanol–water partition coefficient (Wildman–Crippen LogP) is 2.39. The molecule has 0 aliphatic rings. The van der Waals surface area contributed by atoms with Crippen molar-refractivity contribution >= 4 is 0 Å². The smallest absolute Gasteiger partial charge is 0.131 e. The third-order valence-corrected chi connectivity index (χ3v) is 4.51. The standard InChI is InChI=1S/C19H20N8/c1-19(2,17-9-5-7-13(20-17)15-11-26(3)24-22-15)18-10-6-8-14(21-18)16-12-27(4)25-23-16/h5-12H,1-4H3. The van der Waals surface area contributed by atoms with E-state index in [1.807, 2.05) is 62.9 Å². The molecule has 4 aromatic heterocycles. The Kier molecular flexibility index (Phi) is 4.02. The van der Waals surface area contributed by atoms with Gasteiger partial charge >= 0.3 is 0 Å². The van der Waals surface area contributed by atoms with Crippen LogP contribution in [0.3, 0.4) is 0 Å². The molecule has 0 saturated carbocycles. The van der Waals surface area contributed by atoms with Gasteiger partial charge in [0.25, 0.3) is 0 Å². The van der Waals surface area contributed by atoms with Gasteiger partial charge in [0.05, 0.1) is 35.2 Å². The zero-order chi connectivity index (χ0) is 19.0. The van der Waals surface area contributed by atoms with Crippen molar-refractivity contribution in [1.82, 2.24) is 40.0 Å². The fourth-order valence-corrected chi connectivity index (χ4v) is 2.91. The monoisotopic (exact) mass is 360 g/mol. The Labute approximate surface area is 156 Å². The molecule has 0 bridgehead atoms. The lowest BCUT2D eigenvalue weighted by Crippen LogP contribution is -2.22. The van der Waals surface area contributed by atoms with Gasteiger partial charge < -0.3 is 0 Å². The summed E-state index contributed by atoms with van der Waals surface area (Å²) in [6.45, 7) is 4.22. The van der Waals surface area contributed by atoms with E-state index in [1.54, 1.807) is 9.36 Å². The average molecular weight is 360 g/mol. The molecular formula is C19H20N8. The van der Waals surface area contributed by atoms with Crippen LogP contribution in [0.15, 0.2) is 48.8 Å². The number of rotatable bonds is 4. The largest absolute Gasteiger partial charge is 0.255 e. The minimum absolute atomic E-state index is 0.392. The topological polar surface area (TPSA) is 87.2 Å². The third kappa shape index (κ3) is 3.21. The van der Waals surface area contributed by atoms with Gasteiger partial charge in [-0.05, 0) is 38.1 Å². The van der Waals surface area contributed by atoms with E-state index in [0.29, 0.717) is 0 Å². The van der Waals surface area contributed by atoms with Gasteiger partial charge in [0.15, 0.2) is 0 Å². The second-order valence-electron chi connectivity index (χ2n) is 7.00. The molecule has 0 radical (unpaired) electrons. The Morgan fingerprint density at radius 1 is 0.667 bits per heavy atom. The average Bonchev–Trinajstić information content (AvgIpc) is 3.30. The lowest BCUT2D eigenvalue weighted by atomic mass is 9.84. The highest BCUT2D eigenvalue weighted by Gasteiger charge is 2.27. The molecule has 8 heteroatoms. The van der Waals surface area contributed by atoms with Crippen LogP contribution in [0.25, 0.3) is 22.8 Å². The molecular weight excluding hydrogens is 340 g/mol. The molecule has 0 N–H and O–H groups in total. The number of aryl methyl sites for hydroxylation is 2. The Morgan fingerprint density at radius 3 is 1.48 bits per heavy atom. The van der Waals surface area contributed by atoms with Gasteiger partial charge in [0.1, 0.15) is 11.4 Å². The highest BCUT2D eigenvalue weighted by atomic mass is 15.4. The van der Waals surface area contributed by atoms with Gasteiger partial charge in [-0.1, -0.05) is 22.6 Å². The van der Waals surface area contributed by atoms with Gasteiger partial charge in [-0.3, -0.25) is 19.3 Å². The molecule has 4 heterocycles. The van der Waals surface area contributed by atoms with Crippen LogP contribution in [-0.4, -0.2) is 40.0 Å². The SMILES string of the molecule is Cn1cc(-c2cccc(C(C)(C)c3cccc(-c4cn(C)nn4)n3)n2)nn1. The van der Waals surface area contributed by atoms with Crippen LogP contribution < -0.4 is 0 Å². The maximum atomic E-state index is 4.82. The molecule has 0 aliphatic heterocycles. The first-order chi connectivity index (χ1) is 12.9. The van der Waals surface area contributed by atoms with E-state index in [9.17, 15) is 0 Å². The molecule has 0 amide bonds. The molecule has 0 aromatic carbocycles. The van der Waals surface area contributed by atoms with Crippen LogP contribution >= 0.6 is 0 Å². The molecule has 8 nitrogen and oxygen atoms in total. The summed E-state index contributed by atoms with van der Waals surface area (Å²) in [4.78, 5) is 9.65. The fourth-order valence-electron chi connectivity index (χ4n) is 2.91. The normalized spacial score (nSPS) is 11.7. The fraction of sp³-hybridized carbons (Fsp3) is 0.263. The van der Waals surface area contributed by atoms with Crippen molar-refractivity contribution in [3.8, 4) is 22.8 Å². The summed E-state index contributed by atoms with van der Waals surface area (Å²) in [5.41, 5.74) is 4.51. The first-order valence-electron chi connectivity index (χ1n) is 8.62. The van der Waals surface area contributed by atoms with Crippen molar-refractivity contribution in [2.75, 3.05) is 0 Å². The van der Waals surface area contributed by atoms with Crippen LogP contribution in [0.2, 0.25) is 0 Å². The lowest BCUT2D eigenvalue weighted by Gasteiger charge is -2.24.